The van der Waals surface area contributed by atoms with E-state index >= 15 is 0 Å². The van der Waals surface area contributed by atoms with Crippen LogP contribution in [0, 0.1) is 5.92 Å². The lowest BCUT2D eigenvalue weighted by Gasteiger charge is -2.20. The number of ether oxygens (including phenoxy) is 1. The van der Waals surface area contributed by atoms with Crippen LogP contribution >= 0.6 is 0 Å². The molecule has 0 saturated carbocycles. The number of nitrogens with zero attached hydrogens (tertiary/aromatic N) is 1. The molecular formula is C14H26N2O3. The maximum absolute atomic E-state index is 11.9. The molecule has 1 N–H and O–H groups in total. The minimum absolute atomic E-state index is 0.0401. The third-order valence-corrected chi connectivity index (χ3v) is 3.52. The van der Waals surface area contributed by atoms with E-state index in [1.54, 1.807) is 6.92 Å². The fraction of sp³-hybridized carbons (Fsp3) is 0.857. The number of carbonyl (C=O) groups is 2. The predicted octanol–water partition coefficient (Wildman–Crippen LogP) is 2.16. The summed E-state index contributed by atoms with van der Waals surface area (Å²) >= 11 is 0. The second-order valence-corrected chi connectivity index (χ2v) is 5.04. The van der Waals surface area contributed by atoms with Crippen LogP contribution < -0.4 is 5.32 Å². The summed E-state index contributed by atoms with van der Waals surface area (Å²) in [6.07, 6.45) is 5.78. The van der Waals surface area contributed by atoms with Crippen LogP contribution in [0.2, 0.25) is 0 Å². The van der Waals surface area contributed by atoms with Gasteiger partial charge in [-0.05, 0) is 32.1 Å². The molecule has 1 atom stereocenters. The first kappa shape index (κ1) is 15.8. The zero-order valence-corrected chi connectivity index (χ0v) is 12.1. The van der Waals surface area contributed by atoms with Crippen molar-refractivity contribution in [3.05, 3.63) is 0 Å². The lowest BCUT2D eigenvalue weighted by molar-refractivity contribution is -0.141. The number of amides is 2. The second kappa shape index (κ2) is 8.77. The normalized spacial score (nSPS) is 19.7. The quantitative estimate of drug-likeness (QED) is 0.779. The van der Waals surface area contributed by atoms with Crippen molar-refractivity contribution < 1.29 is 14.3 Å². The summed E-state index contributed by atoms with van der Waals surface area (Å²) in [6, 6.07) is -0.148. The van der Waals surface area contributed by atoms with E-state index in [2.05, 4.69) is 12.2 Å². The van der Waals surface area contributed by atoms with Gasteiger partial charge >= 0.3 is 12.0 Å². The number of hydrogen-bond acceptors (Lipinski definition) is 3. The van der Waals surface area contributed by atoms with Gasteiger partial charge in [-0.3, -0.25) is 4.79 Å². The molecule has 0 radical (unpaired) electrons. The van der Waals surface area contributed by atoms with Crippen molar-refractivity contribution in [2.24, 2.45) is 5.92 Å². The van der Waals surface area contributed by atoms with E-state index in [0.29, 0.717) is 6.61 Å². The van der Waals surface area contributed by atoms with Gasteiger partial charge < -0.3 is 15.0 Å². The average Bonchev–Trinajstić information content (AvgIpc) is 2.62. The molecule has 1 unspecified atom stereocenters. The molecule has 0 aliphatic carbocycles. The standard InChI is InChI=1S/C14H26N2O3/c1-3-6-12-7-5-9-16(10-8-12)14(18)15-11-13(17)19-4-2/h12H,3-11H2,1-2H3,(H,15,18). The Kier molecular flexibility index (Phi) is 7.30. The molecular weight excluding hydrogens is 244 g/mol. The van der Waals surface area contributed by atoms with Gasteiger partial charge in [0, 0.05) is 13.1 Å². The van der Waals surface area contributed by atoms with Gasteiger partial charge in [0.05, 0.1) is 6.61 Å². The first-order chi connectivity index (χ1) is 9.17. The number of likely N-dealkylation sites (tertiary alicyclic amines) is 1. The lowest BCUT2D eigenvalue weighted by atomic mass is 9.96. The molecule has 1 rings (SSSR count). The Morgan fingerprint density at radius 1 is 1.26 bits per heavy atom. The Labute approximate surface area is 115 Å². The zero-order chi connectivity index (χ0) is 14.1. The van der Waals surface area contributed by atoms with Gasteiger partial charge in [-0.25, -0.2) is 4.79 Å². The summed E-state index contributed by atoms with van der Waals surface area (Å²) in [4.78, 5) is 24.9. The third kappa shape index (κ3) is 5.94. The van der Waals surface area contributed by atoms with E-state index in [1.807, 2.05) is 4.90 Å². The van der Waals surface area contributed by atoms with Crippen LogP contribution in [0.4, 0.5) is 4.79 Å². The first-order valence-corrected chi connectivity index (χ1v) is 7.35. The molecule has 1 heterocycles. The molecule has 0 aromatic heterocycles. The lowest BCUT2D eigenvalue weighted by Crippen LogP contribution is -2.42. The molecule has 5 nitrogen and oxygen atoms in total. The fourth-order valence-electron chi connectivity index (χ4n) is 2.54. The minimum Gasteiger partial charge on any atom is -0.465 e. The highest BCUT2D eigenvalue weighted by Crippen LogP contribution is 2.21. The smallest absolute Gasteiger partial charge is 0.325 e. The van der Waals surface area contributed by atoms with Crippen molar-refractivity contribution >= 4 is 12.0 Å². The van der Waals surface area contributed by atoms with Crippen LogP contribution in [0.15, 0.2) is 0 Å². The molecule has 1 aliphatic heterocycles. The summed E-state index contributed by atoms with van der Waals surface area (Å²) in [5.41, 5.74) is 0. The van der Waals surface area contributed by atoms with Crippen molar-refractivity contribution in [3.63, 3.8) is 0 Å². The Bertz CT molecular complexity index is 294. The van der Waals surface area contributed by atoms with E-state index in [9.17, 15) is 9.59 Å². The Morgan fingerprint density at radius 3 is 2.74 bits per heavy atom. The number of rotatable bonds is 5. The molecule has 1 fully saturated rings. The molecule has 0 bridgehead atoms. The van der Waals surface area contributed by atoms with Crippen LogP contribution in [-0.4, -0.2) is 43.1 Å². The molecule has 1 saturated heterocycles. The maximum atomic E-state index is 11.9. The van der Waals surface area contributed by atoms with E-state index in [4.69, 9.17) is 4.74 Å². The highest BCUT2D eigenvalue weighted by atomic mass is 16.5. The van der Waals surface area contributed by atoms with Crippen LogP contribution in [-0.2, 0) is 9.53 Å². The number of urea groups is 1. The molecule has 0 spiro atoms. The van der Waals surface area contributed by atoms with Crippen LogP contribution in [0.25, 0.3) is 0 Å². The average molecular weight is 270 g/mol. The van der Waals surface area contributed by atoms with Gasteiger partial charge in [0.25, 0.3) is 0 Å². The Balaban J connectivity index is 2.30. The van der Waals surface area contributed by atoms with Gasteiger partial charge in [-0.15, -0.1) is 0 Å². The highest BCUT2D eigenvalue weighted by molar-refractivity contribution is 5.80. The molecule has 1 aliphatic rings. The zero-order valence-electron chi connectivity index (χ0n) is 12.1. The minimum atomic E-state index is -0.380. The molecule has 0 aromatic carbocycles. The van der Waals surface area contributed by atoms with Crippen molar-refractivity contribution in [1.29, 1.82) is 0 Å². The second-order valence-electron chi connectivity index (χ2n) is 5.04. The molecule has 0 aromatic rings. The van der Waals surface area contributed by atoms with E-state index < -0.39 is 0 Å². The largest absolute Gasteiger partial charge is 0.465 e. The number of hydrogen-bond donors (Lipinski definition) is 1. The topological polar surface area (TPSA) is 58.6 Å². The van der Waals surface area contributed by atoms with Crippen LogP contribution in [0.1, 0.15) is 46.0 Å². The highest BCUT2D eigenvalue weighted by Gasteiger charge is 2.20. The Morgan fingerprint density at radius 2 is 2.05 bits per heavy atom. The first-order valence-electron chi connectivity index (χ1n) is 7.35. The molecule has 2 amide bonds. The van der Waals surface area contributed by atoms with Crippen LogP contribution in [0.5, 0.6) is 0 Å². The Hall–Kier alpha value is -1.26. The van der Waals surface area contributed by atoms with Gasteiger partial charge in [0.15, 0.2) is 0 Å². The summed E-state index contributed by atoms with van der Waals surface area (Å²) in [5.74, 6) is 0.363. The van der Waals surface area contributed by atoms with E-state index in [0.717, 1.165) is 31.8 Å². The third-order valence-electron chi connectivity index (χ3n) is 3.52. The van der Waals surface area contributed by atoms with Gasteiger partial charge in [0.1, 0.15) is 6.54 Å². The van der Waals surface area contributed by atoms with Crippen molar-refractivity contribution in [2.75, 3.05) is 26.2 Å². The monoisotopic (exact) mass is 270 g/mol. The number of esters is 1. The van der Waals surface area contributed by atoms with Gasteiger partial charge in [-0.1, -0.05) is 19.8 Å². The summed E-state index contributed by atoms with van der Waals surface area (Å²) < 4.78 is 4.78. The summed E-state index contributed by atoms with van der Waals surface area (Å²) in [7, 11) is 0. The maximum Gasteiger partial charge on any atom is 0.325 e. The SMILES string of the molecule is CCCC1CCCN(C(=O)NCC(=O)OCC)CC1. The van der Waals surface area contributed by atoms with Crippen molar-refractivity contribution in [3.8, 4) is 0 Å². The summed E-state index contributed by atoms with van der Waals surface area (Å²) in [6.45, 7) is 5.84. The van der Waals surface area contributed by atoms with E-state index in [1.165, 1.54) is 19.3 Å². The van der Waals surface area contributed by atoms with Gasteiger partial charge in [-0.2, -0.15) is 0 Å². The van der Waals surface area contributed by atoms with Crippen LogP contribution in [0.3, 0.4) is 0 Å². The fourth-order valence-corrected chi connectivity index (χ4v) is 2.54. The molecule has 110 valence electrons. The predicted molar refractivity (Wildman–Crippen MR) is 73.9 cm³/mol. The van der Waals surface area contributed by atoms with Crippen molar-refractivity contribution in [1.82, 2.24) is 10.2 Å². The number of carbonyl (C=O) groups excluding carboxylic acids is 2. The number of nitrogens with one attached hydrogen (secondary N) is 1. The van der Waals surface area contributed by atoms with E-state index in [-0.39, 0.29) is 18.5 Å². The molecule has 5 heteroatoms. The van der Waals surface area contributed by atoms with Crippen molar-refractivity contribution in [2.45, 2.75) is 46.0 Å². The summed E-state index contributed by atoms with van der Waals surface area (Å²) in [5, 5.41) is 2.62. The molecule has 19 heavy (non-hydrogen) atoms. The van der Waals surface area contributed by atoms with Gasteiger partial charge in [0.2, 0.25) is 0 Å².